The number of nitrogens with zero attached hydrogens (tertiary/aromatic N) is 1. The van der Waals surface area contributed by atoms with Crippen molar-refractivity contribution >= 4 is 29.1 Å². The summed E-state index contributed by atoms with van der Waals surface area (Å²) in [5.74, 6) is -0.281. The van der Waals surface area contributed by atoms with E-state index in [0.717, 1.165) is 0 Å². The van der Waals surface area contributed by atoms with Gasteiger partial charge in [-0.1, -0.05) is 17.3 Å². The van der Waals surface area contributed by atoms with Gasteiger partial charge in [-0.25, -0.2) is 0 Å². The fraction of sp³-hybridized carbons (Fsp3) is 0.200. The molecule has 2 N–H and O–H groups in total. The highest BCUT2D eigenvalue weighted by Crippen LogP contribution is 2.12. The molecule has 1 aromatic carbocycles. The smallest absolute Gasteiger partial charge is 0.235 e. The molecule has 0 saturated heterocycles. The maximum atomic E-state index is 11.8. The predicted molar refractivity (Wildman–Crippen MR) is 79.6 cm³/mol. The third-order valence-corrected chi connectivity index (χ3v) is 2.77. The van der Waals surface area contributed by atoms with E-state index >= 15 is 0 Å². The first-order valence-corrected chi connectivity index (χ1v) is 6.58. The van der Waals surface area contributed by atoms with Crippen molar-refractivity contribution in [2.75, 3.05) is 10.6 Å². The Morgan fingerprint density at radius 3 is 2.50 bits per heavy atom. The summed E-state index contributed by atoms with van der Waals surface area (Å²) in [4.78, 5) is 34.8. The van der Waals surface area contributed by atoms with Crippen molar-refractivity contribution in [3.05, 3.63) is 41.7 Å². The number of benzene rings is 1. The van der Waals surface area contributed by atoms with Gasteiger partial charge in [0.15, 0.2) is 11.6 Å². The van der Waals surface area contributed by atoms with Gasteiger partial charge in [-0.2, -0.15) is 0 Å². The average molecular weight is 301 g/mol. The van der Waals surface area contributed by atoms with Crippen molar-refractivity contribution in [2.24, 2.45) is 0 Å². The molecule has 0 bridgehead atoms. The topological polar surface area (TPSA) is 101 Å². The van der Waals surface area contributed by atoms with Gasteiger partial charge in [-0.05, 0) is 26.0 Å². The summed E-state index contributed by atoms with van der Waals surface area (Å²) in [6.45, 7) is 3.13. The summed E-state index contributed by atoms with van der Waals surface area (Å²) >= 11 is 0. The third kappa shape index (κ3) is 4.27. The molecular weight excluding hydrogens is 286 g/mol. The van der Waals surface area contributed by atoms with Crippen LogP contribution in [0.1, 0.15) is 29.5 Å². The molecule has 22 heavy (non-hydrogen) atoms. The first-order chi connectivity index (χ1) is 10.4. The number of nitrogens with one attached hydrogen (secondary N) is 2. The quantitative estimate of drug-likeness (QED) is 0.651. The van der Waals surface area contributed by atoms with E-state index in [1.54, 1.807) is 37.3 Å². The van der Waals surface area contributed by atoms with Gasteiger partial charge in [-0.3, -0.25) is 14.4 Å². The Kier molecular flexibility index (Phi) is 4.67. The molecule has 1 aromatic heterocycles. The first-order valence-electron chi connectivity index (χ1n) is 6.58. The number of rotatable bonds is 5. The lowest BCUT2D eigenvalue weighted by atomic mass is 10.1. The summed E-state index contributed by atoms with van der Waals surface area (Å²) in [6.07, 6.45) is -0.365. The monoisotopic (exact) mass is 301 g/mol. The third-order valence-electron chi connectivity index (χ3n) is 2.77. The van der Waals surface area contributed by atoms with E-state index in [1.807, 2.05) is 0 Å². The Labute approximate surface area is 126 Å². The fourth-order valence-corrected chi connectivity index (χ4v) is 1.78. The van der Waals surface area contributed by atoms with Gasteiger partial charge in [0.05, 0.1) is 0 Å². The molecule has 0 unspecified atom stereocenters. The lowest BCUT2D eigenvalue weighted by Gasteiger charge is -2.06. The van der Waals surface area contributed by atoms with E-state index in [0.29, 0.717) is 17.0 Å². The van der Waals surface area contributed by atoms with Crippen LogP contribution in [0.3, 0.4) is 0 Å². The molecule has 0 aliphatic rings. The van der Waals surface area contributed by atoms with Gasteiger partial charge in [0.25, 0.3) is 0 Å². The summed E-state index contributed by atoms with van der Waals surface area (Å²) in [6, 6.07) is 8.05. The lowest BCUT2D eigenvalue weighted by molar-refractivity contribution is -0.123. The Balaban J connectivity index is 1.91. The van der Waals surface area contributed by atoms with Crippen LogP contribution in [0.5, 0.6) is 0 Å². The highest BCUT2D eigenvalue weighted by molar-refractivity contribution is 6.08. The molecule has 0 aliphatic carbocycles. The molecule has 2 rings (SSSR count). The molecule has 0 aliphatic heterocycles. The SMILES string of the molecule is CC(=O)c1cccc(NC(=O)CC(=O)Nc2cc(C)on2)c1. The number of aromatic nitrogens is 1. The second-order valence-electron chi connectivity index (χ2n) is 4.73. The minimum atomic E-state index is -0.506. The fourth-order valence-electron chi connectivity index (χ4n) is 1.78. The van der Waals surface area contributed by atoms with E-state index in [4.69, 9.17) is 4.52 Å². The van der Waals surface area contributed by atoms with Gasteiger partial charge in [0, 0.05) is 17.3 Å². The molecule has 2 aromatic rings. The second kappa shape index (κ2) is 6.66. The van der Waals surface area contributed by atoms with Crippen LogP contribution in [-0.2, 0) is 9.59 Å². The van der Waals surface area contributed by atoms with Crippen LogP contribution in [0.4, 0.5) is 11.5 Å². The van der Waals surface area contributed by atoms with Crippen molar-refractivity contribution in [1.29, 1.82) is 0 Å². The van der Waals surface area contributed by atoms with E-state index < -0.39 is 11.8 Å². The number of carbonyl (C=O) groups is 3. The van der Waals surface area contributed by atoms with Crippen molar-refractivity contribution in [2.45, 2.75) is 20.3 Å². The van der Waals surface area contributed by atoms with Gasteiger partial charge < -0.3 is 15.2 Å². The number of ketones is 1. The molecule has 114 valence electrons. The summed E-state index contributed by atoms with van der Waals surface area (Å²) in [7, 11) is 0. The molecule has 0 saturated carbocycles. The van der Waals surface area contributed by atoms with Gasteiger partial charge in [-0.15, -0.1) is 0 Å². The molecule has 0 spiro atoms. The summed E-state index contributed by atoms with van der Waals surface area (Å²) in [5, 5.41) is 8.62. The minimum Gasteiger partial charge on any atom is -0.360 e. The Morgan fingerprint density at radius 2 is 1.86 bits per heavy atom. The van der Waals surface area contributed by atoms with Crippen LogP contribution in [0.25, 0.3) is 0 Å². The zero-order valence-corrected chi connectivity index (χ0v) is 12.2. The molecule has 0 fully saturated rings. The van der Waals surface area contributed by atoms with Gasteiger partial charge >= 0.3 is 0 Å². The Bertz CT molecular complexity index is 721. The molecule has 7 heteroatoms. The maximum absolute atomic E-state index is 11.8. The summed E-state index contributed by atoms with van der Waals surface area (Å²) < 4.78 is 4.80. The highest BCUT2D eigenvalue weighted by atomic mass is 16.5. The Hall–Kier alpha value is -2.96. The molecular formula is C15H15N3O4. The van der Waals surface area contributed by atoms with E-state index in [-0.39, 0.29) is 18.0 Å². The normalized spacial score (nSPS) is 10.1. The number of hydrogen-bond acceptors (Lipinski definition) is 5. The maximum Gasteiger partial charge on any atom is 0.235 e. The van der Waals surface area contributed by atoms with Crippen LogP contribution < -0.4 is 10.6 Å². The minimum absolute atomic E-state index is 0.102. The number of anilines is 2. The molecule has 0 radical (unpaired) electrons. The van der Waals surface area contributed by atoms with E-state index in [1.165, 1.54) is 6.92 Å². The van der Waals surface area contributed by atoms with Crippen LogP contribution in [0, 0.1) is 6.92 Å². The van der Waals surface area contributed by atoms with E-state index in [2.05, 4.69) is 15.8 Å². The molecule has 1 heterocycles. The van der Waals surface area contributed by atoms with Crippen molar-refractivity contribution in [3.8, 4) is 0 Å². The van der Waals surface area contributed by atoms with Crippen LogP contribution in [0.15, 0.2) is 34.9 Å². The molecule has 7 nitrogen and oxygen atoms in total. The molecule has 0 atom stereocenters. The van der Waals surface area contributed by atoms with Gasteiger partial charge in [0.1, 0.15) is 12.2 Å². The van der Waals surface area contributed by atoms with Crippen LogP contribution >= 0.6 is 0 Å². The summed E-state index contributed by atoms with van der Waals surface area (Å²) in [5.41, 5.74) is 0.947. The highest BCUT2D eigenvalue weighted by Gasteiger charge is 2.12. The second-order valence-corrected chi connectivity index (χ2v) is 4.73. The average Bonchev–Trinajstić information content (AvgIpc) is 2.83. The standard InChI is InChI=1S/C15H15N3O4/c1-9-6-13(18-22-9)17-15(21)8-14(20)16-12-5-3-4-11(7-12)10(2)19/h3-7H,8H2,1-2H3,(H,16,20)(H,17,18,21). The van der Waals surface area contributed by atoms with Crippen LogP contribution in [0.2, 0.25) is 0 Å². The lowest BCUT2D eigenvalue weighted by Crippen LogP contribution is -2.21. The van der Waals surface area contributed by atoms with Crippen molar-refractivity contribution < 1.29 is 18.9 Å². The Morgan fingerprint density at radius 1 is 1.14 bits per heavy atom. The number of aryl methyl sites for hydroxylation is 1. The predicted octanol–water partition coefficient (Wildman–Crippen LogP) is 2.15. The zero-order chi connectivity index (χ0) is 16.1. The van der Waals surface area contributed by atoms with Crippen LogP contribution in [-0.4, -0.2) is 22.8 Å². The zero-order valence-electron chi connectivity index (χ0n) is 12.2. The van der Waals surface area contributed by atoms with Gasteiger partial charge in [0.2, 0.25) is 11.8 Å². The van der Waals surface area contributed by atoms with Crippen molar-refractivity contribution in [3.63, 3.8) is 0 Å². The van der Waals surface area contributed by atoms with E-state index in [9.17, 15) is 14.4 Å². The number of Topliss-reactive ketones (excluding diaryl/α,β-unsaturated/α-hetero) is 1. The number of amides is 2. The molecule has 2 amide bonds. The first kappa shape index (κ1) is 15.4. The largest absolute Gasteiger partial charge is 0.360 e. The van der Waals surface area contributed by atoms with Crippen molar-refractivity contribution in [1.82, 2.24) is 5.16 Å². The number of carbonyl (C=O) groups excluding carboxylic acids is 3. The number of hydrogen-bond donors (Lipinski definition) is 2.